The van der Waals surface area contributed by atoms with Gasteiger partial charge in [0.1, 0.15) is 5.82 Å². The molecule has 0 saturated carbocycles. The van der Waals surface area contributed by atoms with E-state index in [1.807, 2.05) is 25.1 Å². The molecule has 0 fully saturated rings. The summed E-state index contributed by atoms with van der Waals surface area (Å²) in [5.41, 5.74) is 8.12. The molecule has 4 N–H and O–H groups in total. The molecule has 0 atom stereocenters. The number of aryl methyl sites for hydroxylation is 1. The smallest absolute Gasteiger partial charge is 0.170 e. The topological polar surface area (TPSA) is 83.5 Å². The molecule has 0 bridgehead atoms. The first-order valence-electron chi connectivity index (χ1n) is 6.49. The van der Waals surface area contributed by atoms with Gasteiger partial charge in [-0.25, -0.2) is 4.39 Å². The van der Waals surface area contributed by atoms with Crippen LogP contribution in [0, 0.1) is 12.7 Å². The maximum absolute atomic E-state index is 13.9. The normalized spacial score (nSPS) is 11.6. The number of pyridine rings is 1. The number of nitrogens with one attached hydrogen (secondary N) is 1. The number of halogens is 1. The largest absolute Gasteiger partial charge is 0.409 e. The predicted octanol–water partition coefficient (Wildman–Crippen LogP) is 1.91. The molecule has 0 aliphatic carbocycles. The summed E-state index contributed by atoms with van der Waals surface area (Å²) in [4.78, 5) is 4.36. The first-order valence-corrected chi connectivity index (χ1v) is 6.49. The maximum atomic E-state index is 13.9. The van der Waals surface area contributed by atoms with Crippen LogP contribution in [0.4, 0.5) is 4.39 Å². The third-order valence-electron chi connectivity index (χ3n) is 3.02. The summed E-state index contributed by atoms with van der Waals surface area (Å²) in [6, 6.07) is 10.2. The van der Waals surface area contributed by atoms with Gasteiger partial charge in [0, 0.05) is 29.9 Å². The van der Waals surface area contributed by atoms with Gasteiger partial charge < -0.3 is 16.3 Å². The van der Waals surface area contributed by atoms with E-state index < -0.39 is 5.82 Å². The minimum Gasteiger partial charge on any atom is -0.409 e. The molecule has 0 amide bonds. The molecule has 0 radical (unpaired) electrons. The number of amidine groups is 1. The molecular formula is C15H17FN4O. The van der Waals surface area contributed by atoms with E-state index in [4.69, 9.17) is 10.9 Å². The second kappa shape index (κ2) is 6.81. The monoisotopic (exact) mass is 288 g/mol. The second-order valence-corrected chi connectivity index (χ2v) is 4.67. The summed E-state index contributed by atoms with van der Waals surface area (Å²) in [5, 5.41) is 14.5. The molecule has 21 heavy (non-hydrogen) atoms. The third kappa shape index (κ3) is 4.00. The predicted molar refractivity (Wildman–Crippen MR) is 78.4 cm³/mol. The SMILES string of the molecule is Cc1cccc(CNCc2ccc(C(N)=NO)cc2F)n1. The van der Waals surface area contributed by atoms with Crippen LogP contribution in [0.1, 0.15) is 22.5 Å². The van der Waals surface area contributed by atoms with Gasteiger partial charge in [0.05, 0.1) is 5.69 Å². The van der Waals surface area contributed by atoms with Gasteiger partial charge in [0.25, 0.3) is 0 Å². The fourth-order valence-electron chi connectivity index (χ4n) is 1.93. The van der Waals surface area contributed by atoms with Crippen molar-refractivity contribution in [3.8, 4) is 0 Å². The standard InChI is InChI=1S/C15H17FN4O/c1-10-3-2-4-13(19-10)9-18-8-12-6-5-11(7-14(12)16)15(17)20-21/h2-7,18,21H,8-9H2,1H3,(H2,17,20). The lowest BCUT2D eigenvalue weighted by molar-refractivity contribution is 0.318. The van der Waals surface area contributed by atoms with Crippen molar-refractivity contribution < 1.29 is 9.60 Å². The molecule has 1 aromatic heterocycles. The van der Waals surface area contributed by atoms with Crippen LogP contribution in [0.5, 0.6) is 0 Å². The molecular weight excluding hydrogens is 271 g/mol. The summed E-state index contributed by atoms with van der Waals surface area (Å²) in [6.07, 6.45) is 0. The minimum absolute atomic E-state index is 0.114. The molecule has 0 saturated heterocycles. The number of nitrogens with two attached hydrogens (primary N) is 1. The van der Waals surface area contributed by atoms with Crippen LogP contribution in [0.25, 0.3) is 0 Å². The van der Waals surface area contributed by atoms with Crippen molar-refractivity contribution in [1.29, 1.82) is 0 Å². The van der Waals surface area contributed by atoms with Crippen molar-refractivity contribution in [2.75, 3.05) is 0 Å². The molecule has 1 aromatic carbocycles. The number of rotatable bonds is 5. The van der Waals surface area contributed by atoms with Crippen molar-refractivity contribution in [3.05, 3.63) is 64.7 Å². The van der Waals surface area contributed by atoms with Crippen LogP contribution in [-0.4, -0.2) is 16.0 Å². The summed E-state index contributed by atoms with van der Waals surface area (Å²) >= 11 is 0. The fourth-order valence-corrected chi connectivity index (χ4v) is 1.93. The highest BCUT2D eigenvalue weighted by Gasteiger charge is 2.06. The van der Waals surface area contributed by atoms with Crippen molar-refractivity contribution in [3.63, 3.8) is 0 Å². The van der Waals surface area contributed by atoms with Gasteiger partial charge in [-0.3, -0.25) is 4.98 Å². The molecule has 0 spiro atoms. The Bertz CT molecular complexity index is 658. The van der Waals surface area contributed by atoms with Crippen molar-refractivity contribution in [2.45, 2.75) is 20.0 Å². The van der Waals surface area contributed by atoms with Crippen molar-refractivity contribution in [2.24, 2.45) is 10.9 Å². The van der Waals surface area contributed by atoms with Crippen molar-refractivity contribution in [1.82, 2.24) is 10.3 Å². The lowest BCUT2D eigenvalue weighted by Crippen LogP contribution is -2.16. The Morgan fingerprint density at radius 3 is 2.81 bits per heavy atom. The molecule has 110 valence electrons. The van der Waals surface area contributed by atoms with Gasteiger partial charge in [-0.15, -0.1) is 0 Å². The fraction of sp³-hybridized carbons (Fsp3) is 0.200. The summed E-state index contributed by atoms with van der Waals surface area (Å²) < 4.78 is 13.9. The molecule has 6 heteroatoms. The molecule has 0 unspecified atom stereocenters. The highest BCUT2D eigenvalue weighted by Crippen LogP contribution is 2.10. The molecule has 0 aliphatic heterocycles. The van der Waals surface area contributed by atoms with Crippen LogP contribution < -0.4 is 11.1 Å². The van der Waals surface area contributed by atoms with Crippen LogP contribution in [0.2, 0.25) is 0 Å². The van der Waals surface area contributed by atoms with E-state index in [9.17, 15) is 4.39 Å². The molecule has 0 aliphatic rings. The average molecular weight is 288 g/mol. The Morgan fingerprint density at radius 2 is 2.14 bits per heavy atom. The van der Waals surface area contributed by atoms with Crippen molar-refractivity contribution >= 4 is 5.84 Å². The molecule has 1 heterocycles. The van der Waals surface area contributed by atoms with Crippen LogP contribution in [-0.2, 0) is 13.1 Å². The van der Waals surface area contributed by atoms with Crippen LogP contribution >= 0.6 is 0 Å². The molecule has 5 nitrogen and oxygen atoms in total. The average Bonchev–Trinajstić information content (AvgIpc) is 2.48. The first kappa shape index (κ1) is 14.9. The summed E-state index contributed by atoms with van der Waals surface area (Å²) in [6.45, 7) is 2.86. The third-order valence-corrected chi connectivity index (χ3v) is 3.02. The van der Waals surface area contributed by atoms with Gasteiger partial charge >= 0.3 is 0 Å². The van der Waals surface area contributed by atoms with E-state index in [1.165, 1.54) is 6.07 Å². The highest BCUT2D eigenvalue weighted by molar-refractivity contribution is 5.97. The number of nitrogens with zero attached hydrogens (tertiary/aromatic N) is 2. The van der Waals surface area contributed by atoms with E-state index in [0.29, 0.717) is 24.2 Å². The Balaban J connectivity index is 1.97. The Labute approximate surface area is 122 Å². The molecule has 2 aromatic rings. The highest BCUT2D eigenvalue weighted by atomic mass is 19.1. The number of oxime groups is 1. The first-order chi connectivity index (χ1) is 10.1. The lowest BCUT2D eigenvalue weighted by atomic mass is 10.1. The maximum Gasteiger partial charge on any atom is 0.170 e. The van der Waals surface area contributed by atoms with Gasteiger partial charge in [-0.05, 0) is 25.1 Å². The number of benzene rings is 1. The minimum atomic E-state index is -0.399. The van der Waals surface area contributed by atoms with Gasteiger partial charge in [0.15, 0.2) is 5.84 Å². The van der Waals surface area contributed by atoms with E-state index >= 15 is 0 Å². The summed E-state index contributed by atoms with van der Waals surface area (Å²) in [5.74, 6) is -0.513. The van der Waals surface area contributed by atoms with Gasteiger partial charge in [0.2, 0.25) is 0 Å². The Morgan fingerprint density at radius 1 is 1.33 bits per heavy atom. The van der Waals surface area contributed by atoms with E-state index in [2.05, 4.69) is 15.5 Å². The van der Waals surface area contributed by atoms with E-state index in [-0.39, 0.29) is 5.84 Å². The van der Waals surface area contributed by atoms with Crippen LogP contribution in [0.15, 0.2) is 41.6 Å². The zero-order valence-electron chi connectivity index (χ0n) is 11.7. The van der Waals surface area contributed by atoms with E-state index in [0.717, 1.165) is 11.4 Å². The zero-order valence-corrected chi connectivity index (χ0v) is 11.7. The van der Waals surface area contributed by atoms with Gasteiger partial charge in [-0.2, -0.15) is 0 Å². The Hall–Kier alpha value is -2.47. The number of hydrogen-bond acceptors (Lipinski definition) is 4. The quantitative estimate of drug-likeness (QED) is 0.340. The van der Waals surface area contributed by atoms with Crippen LogP contribution in [0.3, 0.4) is 0 Å². The second-order valence-electron chi connectivity index (χ2n) is 4.67. The zero-order chi connectivity index (χ0) is 15.2. The van der Waals surface area contributed by atoms with E-state index in [1.54, 1.807) is 12.1 Å². The number of aromatic nitrogens is 1. The molecule has 2 rings (SSSR count). The lowest BCUT2D eigenvalue weighted by Gasteiger charge is -2.07. The number of hydrogen-bond donors (Lipinski definition) is 3. The summed E-state index contributed by atoms with van der Waals surface area (Å²) in [7, 11) is 0. The van der Waals surface area contributed by atoms with Gasteiger partial charge in [-0.1, -0.05) is 23.4 Å². The Kier molecular flexibility index (Phi) is 4.84.